The van der Waals surface area contributed by atoms with Crippen molar-refractivity contribution in [1.29, 1.82) is 0 Å². The normalized spacial score (nSPS) is 12.5. The van der Waals surface area contributed by atoms with Gasteiger partial charge in [0.2, 0.25) is 0 Å². The van der Waals surface area contributed by atoms with Gasteiger partial charge in [-0.15, -0.1) is 11.3 Å². The molecule has 0 fully saturated rings. The first-order chi connectivity index (χ1) is 8.52. The number of ether oxygens (including phenoxy) is 1. The summed E-state index contributed by atoms with van der Waals surface area (Å²) in [6.45, 7) is 2.03. The van der Waals surface area contributed by atoms with Crippen LogP contribution in [0.2, 0.25) is 0 Å². The zero-order valence-corrected chi connectivity index (χ0v) is 12.4. The number of thiophene rings is 1. The first-order valence-corrected chi connectivity index (χ1v) is 6.98. The van der Waals surface area contributed by atoms with Crippen molar-refractivity contribution in [2.45, 2.75) is 13.0 Å². The number of aryl methyl sites for hydroxylation is 1. The largest absolute Gasteiger partial charge is 0.496 e. The number of methoxy groups -OCH3 is 1. The van der Waals surface area contributed by atoms with E-state index in [4.69, 9.17) is 10.5 Å². The van der Waals surface area contributed by atoms with Crippen LogP contribution in [0.25, 0.3) is 0 Å². The molecule has 2 N–H and O–H groups in total. The molecule has 0 aliphatic carbocycles. The minimum Gasteiger partial charge on any atom is -0.496 e. The van der Waals surface area contributed by atoms with Gasteiger partial charge in [0.25, 0.3) is 0 Å². The molecule has 0 saturated carbocycles. The van der Waals surface area contributed by atoms with Gasteiger partial charge in [-0.05, 0) is 41.1 Å². The topological polar surface area (TPSA) is 35.2 Å². The van der Waals surface area contributed by atoms with Crippen LogP contribution in [0.1, 0.15) is 21.4 Å². The van der Waals surface area contributed by atoms with Crippen LogP contribution in [0, 0.1) is 12.7 Å². The minimum absolute atomic E-state index is 0.310. The van der Waals surface area contributed by atoms with Crippen molar-refractivity contribution in [1.82, 2.24) is 0 Å². The fourth-order valence-corrected chi connectivity index (χ4v) is 3.00. The third-order valence-corrected chi connectivity index (χ3v) is 4.37. The van der Waals surface area contributed by atoms with Crippen LogP contribution in [0.5, 0.6) is 5.75 Å². The van der Waals surface area contributed by atoms with Gasteiger partial charge in [0, 0.05) is 21.4 Å². The number of hydrogen-bond donors (Lipinski definition) is 1. The van der Waals surface area contributed by atoms with Crippen LogP contribution in [-0.2, 0) is 0 Å². The summed E-state index contributed by atoms with van der Waals surface area (Å²) in [6, 6.07) is 6.72. The summed E-state index contributed by atoms with van der Waals surface area (Å²) in [7, 11) is 1.51. The van der Waals surface area contributed by atoms with Gasteiger partial charge in [-0.1, -0.05) is 0 Å². The van der Waals surface area contributed by atoms with E-state index >= 15 is 0 Å². The maximum Gasteiger partial charge on any atom is 0.141 e. The van der Waals surface area contributed by atoms with Gasteiger partial charge in [0.1, 0.15) is 11.6 Å². The summed E-state index contributed by atoms with van der Waals surface area (Å²) in [5.41, 5.74) is 6.98. The lowest BCUT2D eigenvalue weighted by atomic mass is 10.0. The molecule has 0 saturated heterocycles. The predicted octanol–water partition coefficient (Wildman–Crippen LogP) is 4.01. The van der Waals surface area contributed by atoms with Crippen LogP contribution < -0.4 is 10.5 Å². The Morgan fingerprint density at radius 1 is 1.39 bits per heavy atom. The molecule has 5 heteroatoms. The van der Waals surface area contributed by atoms with Crippen molar-refractivity contribution in [2.75, 3.05) is 7.11 Å². The monoisotopic (exact) mass is 329 g/mol. The third-order valence-electron chi connectivity index (χ3n) is 2.68. The summed E-state index contributed by atoms with van der Waals surface area (Å²) in [5, 5.41) is 0. The Hall–Kier alpha value is -0.910. The first-order valence-electron chi connectivity index (χ1n) is 5.37. The minimum atomic E-state index is -0.356. The second-order valence-electron chi connectivity index (χ2n) is 3.93. The second kappa shape index (κ2) is 5.38. The van der Waals surface area contributed by atoms with Gasteiger partial charge in [0.05, 0.1) is 17.6 Å². The molecule has 1 aromatic heterocycles. The fraction of sp³-hybridized carbons (Fsp3) is 0.231. The van der Waals surface area contributed by atoms with Gasteiger partial charge >= 0.3 is 0 Å². The van der Waals surface area contributed by atoms with Crippen LogP contribution in [-0.4, -0.2) is 7.11 Å². The molecule has 0 amide bonds. The Bertz CT molecular complexity index is 570. The first kappa shape index (κ1) is 13.5. The lowest BCUT2D eigenvalue weighted by Crippen LogP contribution is -2.12. The van der Waals surface area contributed by atoms with E-state index in [1.165, 1.54) is 18.1 Å². The zero-order chi connectivity index (χ0) is 13.3. The van der Waals surface area contributed by atoms with Crippen molar-refractivity contribution in [3.63, 3.8) is 0 Å². The molecule has 1 heterocycles. The molecule has 0 bridgehead atoms. The molecule has 2 rings (SSSR count). The fourth-order valence-electron chi connectivity index (χ4n) is 1.74. The Morgan fingerprint density at radius 3 is 2.67 bits per heavy atom. The Morgan fingerprint density at radius 2 is 2.11 bits per heavy atom. The number of hydrogen-bond acceptors (Lipinski definition) is 3. The summed E-state index contributed by atoms with van der Waals surface area (Å²) < 4.78 is 19.0. The van der Waals surface area contributed by atoms with Gasteiger partial charge < -0.3 is 10.5 Å². The van der Waals surface area contributed by atoms with Crippen molar-refractivity contribution in [3.8, 4) is 5.75 Å². The number of nitrogens with two attached hydrogens (primary N) is 1. The Kier molecular flexibility index (Phi) is 4.04. The number of benzene rings is 1. The molecule has 0 spiro atoms. The second-order valence-corrected chi connectivity index (χ2v) is 6.11. The molecule has 2 aromatic rings. The van der Waals surface area contributed by atoms with E-state index in [1.807, 2.05) is 19.1 Å². The predicted molar refractivity (Wildman–Crippen MR) is 75.7 cm³/mol. The van der Waals surface area contributed by atoms with E-state index in [9.17, 15) is 4.39 Å². The molecule has 0 aliphatic heterocycles. The Balaban J connectivity index is 2.46. The summed E-state index contributed by atoms with van der Waals surface area (Å²) in [6.07, 6.45) is 0. The molecule has 1 unspecified atom stereocenters. The molecular formula is C13H13BrFNOS. The standard InChI is InChI=1S/C13H13BrFNOS/c1-7-3-4-12(18-7)13(16)8-5-9(14)10(15)6-11(8)17-2/h3-6,13H,16H2,1-2H3. The highest BCUT2D eigenvalue weighted by atomic mass is 79.9. The molecule has 1 aromatic carbocycles. The molecule has 18 heavy (non-hydrogen) atoms. The van der Waals surface area contributed by atoms with E-state index < -0.39 is 0 Å². The quantitative estimate of drug-likeness (QED) is 0.923. The van der Waals surface area contributed by atoms with Crippen LogP contribution in [0.3, 0.4) is 0 Å². The zero-order valence-electron chi connectivity index (χ0n) is 10.0. The average molecular weight is 330 g/mol. The van der Waals surface area contributed by atoms with E-state index in [2.05, 4.69) is 15.9 Å². The Labute approximate surface area is 118 Å². The summed E-state index contributed by atoms with van der Waals surface area (Å²) in [5.74, 6) is 0.111. The molecule has 0 aliphatic rings. The van der Waals surface area contributed by atoms with E-state index in [0.29, 0.717) is 10.2 Å². The maximum atomic E-state index is 13.5. The van der Waals surface area contributed by atoms with Gasteiger partial charge in [-0.2, -0.15) is 0 Å². The molecule has 1 atom stereocenters. The molecule has 0 radical (unpaired) electrons. The van der Waals surface area contributed by atoms with E-state index in [1.54, 1.807) is 17.4 Å². The summed E-state index contributed by atoms with van der Waals surface area (Å²) in [4.78, 5) is 2.23. The van der Waals surface area contributed by atoms with Crippen molar-refractivity contribution in [3.05, 3.63) is 49.9 Å². The summed E-state index contributed by atoms with van der Waals surface area (Å²) >= 11 is 4.80. The smallest absolute Gasteiger partial charge is 0.141 e. The lowest BCUT2D eigenvalue weighted by molar-refractivity contribution is 0.404. The van der Waals surface area contributed by atoms with Crippen molar-refractivity contribution >= 4 is 27.3 Å². The number of rotatable bonds is 3. The van der Waals surface area contributed by atoms with Crippen LogP contribution in [0.15, 0.2) is 28.7 Å². The van der Waals surface area contributed by atoms with E-state index in [-0.39, 0.29) is 11.9 Å². The highest BCUT2D eigenvalue weighted by molar-refractivity contribution is 9.10. The van der Waals surface area contributed by atoms with Crippen LogP contribution >= 0.6 is 27.3 Å². The average Bonchev–Trinajstić information content (AvgIpc) is 2.78. The SMILES string of the molecule is COc1cc(F)c(Br)cc1C(N)c1ccc(C)s1. The van der Waals surface area contributed by atoms with Gasteiger partial charge in [-0.25, -0.2) is 4.39 Å². The number of halogens is 2. The molecular weight excluding hydrogens is 317 g/mol. The van der Waals surface area contributed by atoms with E-state index in [0.717, 1.165) is 10.4 Å². The highest BCUT2D eigenvalue weighted by Gasteiger charge is 2.18. The van der Waals surface area contributed by atoms with Crippen molar-refractivity contribution < 1.29 is 9.13 Å². The highest BCUT2D eigenvalue weighted by Crippen LogP contribution is 2.34. The van der Waals surface area contributed by atoms with Crippen LogP contribution in [0.4, 0.5) is 4.39 Å². The van der Waals surface area contributed by atoms with Gasteiger partial charge in [-0.3, -0.25) is 0 Å². The maximum absolute atomic E-state index is 13.5. The van der Waals surface area contributed by atoms with Gasteiger partial charge in [0.15, 0.2) is 0 Å². The third kappa shape index (κ3) is 2.58. The lowest BCUT2D eigenvalue weighted by Gasteiger charge is -2.15. The van der Waals surface area contributed by atoms with Crippen molar-refractivity contribution in [2.24, 2.45) is 5.73 Å². The molecule has 96 valence electrons. The molecule has 2 nitrogen and oxygen atoms in total.